The second-order valence-electron chi connectivity index (χ2n) is 21.9. The van der Waals surface area contributed by atoms with Gasteiger partial charge in [-0.1, -0.05) is 109 Å². The summed E-state index contributed by atoms with van der Waals surface area (Å²) in [6.07, 6.45) is 2.43. The van der Waals surface area contributed by atoms with Crippen molar-refractivity contribution in [2.75, 3.05) is 4.81 Å². The summed E-state index contributed by atoms with van der Waals surface area (Å²) in [4.78, 5) is 2.73. The van der Waals surface area contributed by atoms with Crippen molar-refractivity contribution in [2.45, 2.75) is 77.6 Å². The zero-order chi connectivity index (χ0) is 44.3. The summed E-state index contributed by atoms with van der Waals surface area (Å²) in [5, 5.41) is 10.8. The van der Waals surface area contributed by atoms with E-state index in [1.807, 2.05) is 34.0 Å². The predicted molar refractivity (Wildman–Crippen MR) is 292 cm³/mol. The van der Waals surface area contributed by atoms with Crippen LogP contribution in [-0.2, 0) is 16.2 Å². The van der Waals surface area contributed by atoms with Crippen LogP contribution in [0, 0.1) is 0 Å². The standard InChI is InChI=1S/C60H47BN2S3/c1-58(2,3)32-16-18-33(19-17-32)63-48-31-55-41(42-26-44-45(28-52(42)66-55)60(6,7)23-22-59(44,4)5)24-38(48)36-20-21-37-39-25-40-34-12-8-10-14-50(34)65-54(40)30-47(39)62-49-27-43-35-13-9-11-15-51(35)64-53(43)29-46(49)61(63)56(36)57(37)62/h8-21,24-31H,22-23H2,1-7H3. The molecule has 1 aliphatic carbocycles. The minimum Gasteiger partial charge on any atom is -0.376 e. The summed E-state index contributed by atoms with van der Waals surface area (Å²) in [6.45, 7) is 16.8. The minimum absolute atomic E-state index is 0.0409. The van der Waals surface area contributed by atoms with E-state index in [2.05, 4.69) is 191 Å². The molecule has 0 radical (unpaired) electrons. The first-order valence-electron chi connectivity index (χ1n) is 23.6. The van der Waals surface area contributed by atoms with Crippen molar-refractivity contribution in [2.24, 2.45) is 0 Å². The van der Waals surface area contributed by atoms with E-state index in [-0.39, 0.29) is 23.1 Å². The number of thiophene rings is 3. The zero-order valence-corrected chi connectivity index (χ0v) is 40.8. The summed E-state index contributed by atoms with van der Waals surface area (Å²) >= 11 is 5.83. The lowest BCUT2D eigenvalue weighted by molar-refractivity contribution is 0.332. The van der Waals surface area contributed by atoms with Gasteiger partial charge in [0.05, 0.1) is 11.0 Å². The highest BCUT2D eigenvalue weighted by Gasteiger charge is 2.45. The highest BCUT2D eigenvalue weighted by molar-refractivity contribution is 7.26. The van der Waals surface area contributed by atoms with E-state index in [0.717, 1.165) is 0 Å². The summed E-state index contributed by atoms with van der Waals surface area (Å²) in [7, 11) is 0. The molecule has 2 aliphatic heterocycles. The maximum absolute atomic E-state index is 2.73. The van der Waals surface area contributed by atoms with Crippen LogP contribution in [0.3, 0.4) is 0 Å². The van der Waals surface area contributed by atoms with Gasteiger partial charge in [-0.25, -0.2) is 0 Å². The number of benzene rings is 8. The van der Waals surface area contributed by atoms with E-state index in [0.29, 0.717) is 0 Å². The van der Waals surface area contributed by atoms with Crippen LogP contribution in [-0.4, -0.2) is 11.4 Å². The van der Waals surface area contributed by atoms with Gasteiger partial charge in [0.2, 0.25) is 0 Å². The van der Waals surface area contributed by atoms with E-state index in [1.165, 1.54) is 151 Å². The molecular formula is C60H47BN2S3. The second-order valence-corrected chi connectivity index (χ2v) is 25.2. The molecule has 0 saturated heterocycles. The summed E-state index contributed by atoms with van der Waals surface area (Å²) in [5.74, 6) is 0. The quantitative estimate of drug-likeness (QED) is 0.149. The molecule has 0 amide bonds. The van der Waals surface area contributed by atoms with Crippen LogP contribution in [0.25, 0.3) is 99.1 Å². The van der Waals surface area contributed by atoms with Crippen LogP contribution in [0.4, 0.5) is 11.4 Å². The Morgan fingerprint density at radius 3 is 1.79 bits per heavy atom. The van der Waals surface area contributed by atoms with Gasteiger partial charge in [-0.2, -0.15) is 0 Å². The van der Waals surface area contributed by atoms with Crippen LogP contribution in [0.15, 0.2) is 133 Å². The summed E-state index contributed by atoms with van der Waals surface area (Å²) in [5.41, 5.74) is 16.7. The van der Waals surface area contributed by atoms with E-state index in [1.54, 1.807) is 0 Å². The molecule has 3 aliphatic rings. The molecule has 0 N–H and O–H groups in total. The zero-order valence-electron chi connectivity index (χ0n) is 38.3. The average Bonchev–Trinajstić information content (AvgIpc) is 4.05. The molecule has 0 unspecified atom stereocenters. The van der Waals surface area contributed by atoms with Crippen LogP contribution in [0.1, 0.15) is 78.0 Å². The fraction of sp³-hybridized carbons (Fsp3) is 0.200. The fourth-order valence-corrected chi connectivity index (χ4v) is 16.0. The van der Waals surface area contributed by atoms with Gasteiger partial charge in [-0.3, -0.25) is 0 Å². The van der Waals surface area contributed by atoms with Crippen molar-refractivity contribution in [1.82, 2.24) is 4.57 Å². The molecule has 0 bridgehead atoms. The number of fused-ring (bicyclic) bond motifs is 18. The first-order chi connectivity index (χ1) is 31.8. The van der Waals surface area contributed by atoms with Gasteiger partial charge in [0.1, 0.15) is 0 Å². The summed E-state index contributed by atoms with van der Waals surface area (Å²) < 4.78 is 10.8. The molecule has 2 nitrogen and oxygen atoms in total. The van der Waals surface area contributed by atoms with E-state index in [4.69, 9.17) is 0 Å². The van der Waals surface area contributed by atoms with Gasteiger partial charge < -0.3 is 9.38 Å². The number of hydrogen-bond acceptors (Lipinski definition) is 4. The van der Waals surface area contributed by atoms with Crippen molar-refractivity contribution >= 4 is 145 Å². The van der Waals surface area contributed by atoms with Crippen molar-refractivity contribution in [1.29, 1.82) is 0 Å². The molecule has 4 aromatic heterocycles. The molecule has 8 aromatic carbocycles. The van der Waals surface area contributed by atoms with Crippen molar-refractivity contribution < 1.29 is 0 Å². The molecule has 6 heterocycles. The maximum atomic E-state index is 2.73. The molecule has 6 heteroatoms. The third-order valence-corrected chi connectivity index (χ3v) is 19.6. The molecule has 0 atom stereocenters. The van der Waals surface area contributed by atoms with Gasteiger partial charge in [0, 0.05) is 93.9 Å². The number of aromatic nitrogens is 1. The normalized spacial score (nSPS) is 16.2. The van der Waals surface area contributed by atoms with Crippen molar-refractivity contribution in [3.05, 3.63) is 150 Å². The smallest absolute Gasteiger partial charge is 0.333 e. The van der Waals surface area contributed by atoms with Gasteiger partial charge in [-0.15, -0.1) is 34.0 Å². The maximum Gasteiger partial charge on any atom is 0.333 e. The lowest BCUT2D eigenvalue weighted by Crippen LogP contribution is -2.60. The Hall–Kier alpha value is -5.92. The molecule has 0 spiro atoms. The monoisotopic (exact) mass is 902 g/mol. The SMILES string of the molecule is CC(C)(C)c1ccc(N2B3c4cc5sc6ccccc6c5cc4-n4c5cc6sc7ccccc7c6cc5c5ccc(c3c54)-c3cc4c(cc32)sc2cc3c(cc24)C(C)(C)CCC3(C)C)cc1. The lowest BCUT2D eigenvalue weighted by Gasteiger charge is -2.42. The molecular weight excluding hydrogens is 856 g/mol. The van der Waals surface area contributed by atoms with Crippen LogP contribution >= 0.6 is 34.0 Å². The molecule has 66 heavy (non-hydrogen) atoms. The Balaban J connectivity index is 1.09. The predicted octanol–water partition coefficient (Wildman–Crippen LogP) is 16.8. The largest absolute Gasteiger partial charge is 0.376 e. The van der Waals surface area contributed by atoms with Crippen LogP contribution in [0.2, 0.25) is 0 Å². The Morgan fingerprint density at radius 2 is 1.08 bits per heavy atom. The van der Waals surface area contributed by atoms with E-state index < -0.39 is 0 Å². The number of anilines is 2. The van der Waals surface area contributed by atoms with E-state index >= 15 is 0 Å². The molecule has 15 rings (SSSR count). The molecule has 12 aromatic rings. The number of hydrogen-bond donors (Lipinski definition) is 0. The Bertz CT molecular complexity index is 4170. The second kappa shape index (κ2) is 12.5. The minimum atomic E-state index is -0.0409. The highest BCUT2D eigenvalue weighted by atomic mass is 32.1. The van der Waals surface area contributed by atoms with E-state index in [9.17, 15) is 0 Å². The third-order valence-electron chi connectivity index (χ3n) is 16.2. The van der Waals surface area contributed by atoms with Gasteiger partial charge in [0.25, 0.3) is 0 Å². The van der Waals surface area contributed by atoms with Gasteiger partial charge in [0.15, 0.2) is 0 Å². The average molecular weight is 903 g/mol. The van der Waals surface area contributed by atoms with Crippen molar-refractivity contribution in [3.63, 3.8) is 0 Å². The van der Waals surface area contributed by atoms with Gasteiger partial charge >= 0.3 is 6.85 Å². The molecule has 0 saturated carbocycles. The topological polar surface area (TPSA) is 8.17 Å². The van der Waals surface area contributed by atoms with Gasteiger partial charge in [-0.05, 0) is 135 Å². The Labute approximate surface area is 396 Å². The van der Waals surface area contributed by atoms with Crippen molar-refractivity contribution in [3.8, 4) is 16.8 Å². The molecule has 318 valence electrons. The van der Waals surface area contributed by atoms with Crippen LogP contribution < -0.4 is 15.7 Å². The lowest BCUT2D eigenvalue weighted by atomic mass is 9.44. The Morgan fingerprint density at radius 1 is 0.485 bits per heavy atom. The first-order valence-corrected chi connectivity index (χ1v) is 26.1. The van der Waals surface area contributed by atoms with Crippen LogP contribution in [0.5, 0.6) is 0 Å². The fourth-order valence-electron chi connectivity index (χ4n) is 12.6. The molecule has 0 fully saturated rings. The third kappa shape index (κ3) is 4.92. The summed E-state index contributed by atoms with van der Waals surface area (Å²) in [6, 6.07) is 52.9. The number of nitrogens with zero attached hydrogens (tertiary/aromatic N) is 2. The Kier molecular flexibility index (Phi) is 7.26. The number of rotatable bonds is 1. The highest BCUT2D eigenvalue weighted by Crippen LogP contribution is 2.53. The first kappa shape index (κ1) is 38.2.